The Morgan fingerprint density at radius 3 is 1.94 bits per heavy atom. The van der Waals surface area contributed by atoms with Crippen molar-refractivity contribution in [3.8, 4) is 22.3 Å². The second kappa shape index (κ2) is 14.6. The zero-order chi connectivity index (χ0) is 34.6. The third-order valence-electron chi connectivity index (χ3n) is 11.1. The minimum absolute atomic E-state index is 0.0145. The molecular weight excluding hydrogens is 621 g/mol. The number of furan rings is 1. The van der Waals surface area contributed by atoms with E-state index in [4.69, 9.17) is 4.42 Å². The summed E-state index contributed by atoms with van der Waals surface area (Å²) in [5.41, 5.74) is 13.2. The molecule has 51 heavy (non-hydrogen) atoms. The van der Waals surface area contributed by atoms with Gasteiger partial charge in [0.25, 0.3) is 0 Å². The van der Waals surface area contributed by atoms with E-state index in [9.17, 15) is 0 Å². The molecule has 0 atom stereocenters. The SMILES string of the molecule is CCCCCCC1(CCCCCC)c2ccccc2-c2ccc(N(c3ccc(-c4ccccc4)cc3)c3ccc4c(c3)oc3ncccc34)cc21. The highest BCUT2D eigenvalue weighted by Gasteiger charge is 2.42. The number of unbranched alkanes of at least 4 members (excludes halogenated alkanes) is 6. The predicted molar refractivity (Wildman–Crippen MR) is 215 cm³/mol. The van der Waals surface area contributed by atoms with Crippen LogP contribution in [-0.2, 0) is 5.41 Å². The Morgan fingerprint density at radius 1 is 0.529 bits per heavy atom. The van der Waals surface area contributed by atoms with Crippen molar-refractivity contribution in [1.82, 2.24) is 4.98 Å². The van der Waals surface area contributed by atoms with E-state index in [-0.39, 0.29) is 5.41 Å². The molecule has 0 bridgehead atoms. The van der Waals surface area contributed by atoms with Crippen LogP contribution in [0.3, 0.4) is 0 Å². The van der Waals surface area contributed by atoms with Crippen molar-refractivity contribution in [1.29, 1.82) is 0 Å². The van der Waals surface area contributed by atoms with Crippen molar-refractivity contribution in [3.63, 3.8) is 0 Å². The summed E-state index contributed by atoms with van der Waals surface area (Å²) in [6.45, 7) is 4.63. The number of rotatable bonds is 14. The minimum Gasteiger partial charge on any atom is -0.438 e. The molecular formula is C48H48N2O. The number of hydrogen-bond donors (Lipinski definition) is 0. The molecule has 0 saturated carbocycles. The summed E-state index contributed by atoms with van der Waals surface area (Å²) in [5, 5.41) is 2.13. The molecule has 0 fully saturated rings. The van der Waals surface area contributed by atoms with E-state index in [0.29, 0.717) is 5.71 Å². The highest BCUT2D eigenvalue weighted by molar-refractivity contribution is 6.05. The summed E-state index contributed by atoms with van der Waals surface area (Å²) < 4.78 is 6.33. The van der Waals surface area contributed by atoms with Crippen LogP contribution in [0.25, 0.3) is 44.3 Å². The number of nitrogens with zero attached hydrogens (tertiary/aromatic N) is 2. The molecule has 0 radical (unpaired) electrons. The molecule has 8 rings (SSSR count). The number of aromatic nitrogens is 1. The lowest BCUT2D eigenvalue weighted by Gasteiger charge is -2.34. The Balaban J connectivity index is 1.28. The third kappa shape index (κ3) is 6.24. The topological polar surface area (TPSA) is 29.3 Å². The molecule has 0 N–H and O–H groups in total. The van der Waals surface area contributed by atoms with Gasteiger partial charge in [-0.25, -0.2) is 4.98 Å². The third-order valence-corrected chi connectivity index (χ3v) is 11.1. The lowest BCUT2D eigenvalue weighted by molar-refractivity contribution is 0.401. The van der Waals surface area contributed by atoms with Crippen molar-refractivity contribution in [2.24, 2.45) is 0 Å². The largest absolute Gasteiger partial charge is 0.438 e. The molecule has 1 aliphatic rings. The molecule has 256 valence electrons. The summed E-state index contributed by atoms with van der Waals surface area (Å²) in [4.78, 5) is 6.93. The monoisotopic (exact) mass is 668 g/mol. The van der Waals surface area contributed by atoms with Gasteiger partial charge in [-0.15, -0.1) is 0 Å². The van der Waals surface area contributed by atoms with Crippen molar-refractivity contribution >= 4 is 39.1 Å². The first-order valence-electron chi connectivity index (χ1n) is 19.2. The van der Waals surface area contributed by atoms with Crippen molar-refractivity contribution in [3.05, 3.63) is 145 Å². The quantitative estimate of drug-likeness (QED) is 0.108. The second-order valence-electron chi connectivity index (χ2n) is 14.4. The van der Waals surface area contributed by atoms with Gasteiger partial charge < -0.3 is 9.32 Å². The maximum atomic E-state index is 6.33. The molecule has 0 unspecified atom stereocenters. The zero-order valence-corrected chi connectivity index (χ0v) is 30.1. The average molecular weight is 669 g/mol. The summed E-state index contributed by atoms with van der Waals surface area (Å²) in [5.74, 6) is 0. The number of fused-ring (bicyclic) bond motifs is 6. The lowest BCUT2D eigenvalue weighted by Crippen LogP contribution is -2.26. The van der Waals surface area contributed by atoms with Crippen LogP contribution in [0.4, 0.5) is 17.1 Å². The Hall–Kier alpha value is -5.15. The van der Waals surface area contributed by atoms with E-state index < -0.39 is 0 Å². The summed E-state index contributed by atoms with van der Waals surface area (Å²) in [6, 6.07) is 46.9. The summed E-state index contributed by atoms with van der Waals surface area (Å²) in [6.07, 6.45) is 14.4. The minimum atomic E-state index is 0.0145. The first kappa shape index (κ1) is 33.0. The van der Waals surface area contributed by atoms with Crippen molar-refractivity contribution < 1.29 is 4.42 Å². The van der Waals surface area contributed by atoms with Gasteiger partial charge in [-0.3, -0.25) is 0 Å². The first-order chi connectivity index (χ1) is 25.2. The average Bonchev–Trinajstić information content (AvgIpc) is 3.69. The Morgan fingerprint density at radius 2 is 1.18 bits per heavy atom. The van der Waals surface area contributed by atoms with Crippen LogP contribution >= 0.6 is 0 Å². The van der Waals surface area contributed by atoms with Crippen molar-refractivity contribution in [2.45, 2.75) is 83.5 Å². The van der Waals surface area contributed by atoms with Gasteiger partial charge in [0.05, 0.1) is 0 Å². The smallest absolute Gasteiger partial charge is 0.227 e. The Kier molecular flexibility index (Phi) is 9.45. The molecule has 2 aromatic heterocycles. The van der Waals surface area contributed by atoms with Gasteiger partial charge in [-0.1, -0.05) is 138 Å². The standard InChI is InChI=1S/C48H48N2O/c1-3-5-7-14-30-48(31-15-8-6-4-2)44-21-13-12-19-40(44)41-28-26-38(33-45(41)48)50(37-24-22-36(23-25-37)35-17-10-9-11-18-35)39-27-29-42-43-20-16-32-49-47(43)51-46(42)34-39/h9-13,16-29,32-34H,3-8,14-15,30-31H2,1-2H3. The number of benzene rings is 5. The highest BCUT2D eigenvalue weighted by atomic mass is 16.3. The summed E-state index contributed by atoms with van der Waals surface area (Å²) in [7, 11) is 0. The van der Waals surface area contributed by atoms with Crippen LogP contribution in [-0.4, -0.2) is 4.98 Å². The number of anilines is 3. The fraction of sp³-hybridized carbons (Fsp3) is 0.271. The highest BCUT2D eigenvalue weighted by Crippen LogP contribution is 2.55. The number of pyridine rings is 1. The Labute approximate surface area is 303 Å². The molecule has 7 aromatic rings. The predicted octanol–water partition coefficient (Wildman–Crippen LogP) is 14.3. The zero-order valence-electron chi connectivity index (χ0n) is 30.1. The lowest BCUT2D eigenvalue weighted by atomic mass is 9.70. The first-order valence-corrected chi connectivity index (χ1v) is 19.2. The fourth-order valence-corrected chi connectivity index (χ4v) is 8.57. The fourth-order valence-electron chi connectivity index (χ4n) is 8.57. The van der Waals surface area contributed by atoms with E-state index in [2.05, 4.69) is 145 Å². The van der Waals surface area contributed by atoms with Crippen LogP contribution in [0.1, 0.15) is 89.2 Å². The molecule has 0 aliphatic heterocycles. The van der Waals surface area contributed by atoms with Crippen LogP contribution in [0, 0.1) is 0 Å². The molecule has 2 heterocycles. The molecule has 5 aromatic carbocycles. The normalized spacial score (nSPS) is 13.1. The van der Waals surface area contributed by atoms with E-state index >= 15 is 0 Å². The molecule has 0 spiro atoms. The second-order valence-corrected chi connectivity index (χ2v) is 14.4. The molecule has 1 aliphatic carbocycles. The van der Waals surface area contributed by atoms with Crippen LogP contribution in [0.15, 0.2) is 138 Å². The molecule has 0 amide bonds. The maximum absolute atomic E-state index is 6.33. The van der Waals surface area contributed by atoms with Crippen LogP contribution in [0.2, 0.25) is 0 Å². The van der Waals surface area contributed by atoms with Crippen LogP contribution in [0.5, 0.6) is 0 Å². The molecule has 0 saturated heterocycles. The van der Waals surface area contributed by atoms with Gasteiger partial charge in [0.15, 0.2) is 0 Å². The maximum Gasteiger partial charge on any atom is 0.227 e. The van der Waals surface area contributed by atoms with Gasteiger partial charge in [0.1, 0.15) is 5.58 Å². The Bertz CT molecular complexity index is 2240. The molecule has 3 heteroatoms. The van der Waals surface area contributed by atoms with Gasteiger partial charge in [-0.2, -0.15) is 0 Å². The van der Waals surface area contributed by atoms with E-state index in [1.165, 1.54) is 103 Å². The molecule has 3 nitrogen and oxygen atoms in total. The van der Waals surface area contributed by atoms with Gasteiger partial charge in [-0.05, 0) is 94.8 Å². The van der Waals surface area contributed by atoms with E-state index in [1.54, 1.807) is 6.20 Å². The van der Waals surface area contributed by atoms with Gasteiger partial charge in [0, 0.05) is 45.5 Å². The van der Waals surface area contributed by atoms with Crippen molar-refractivity contribution in [2.75, 3.05) is 4.90 Å². The van der Waals surface area contributed by atoms with E-state index in [1.807, 2.05) is 6.07 Å². The summed E-state index contributed by atoms with van der Waals surface area (Å²) >= 11 is 0. The van der Waals surface area contributed by atoms with Gasteiger partial charge >= 0.3 is 0 Å². The van der Waals surface area contributed by atoms with Gasteiger partial charge in [0.2, 0.25) is 5.71 Å². The number of hydrogen-bond acceptors (Lipinski definition) is 3. The van der Waals surface area contributed by atoms with Crippen LogP contribution < -0.4 is 4.90 Å². The van der Waals surface area contributed by atoms with E-state index in [0.717, 1.165) is 27.7 Å².